The fraction of sp³-hybridized carbons (Fsp3) is 0.158. The van der Waals surface area contributed by atoms with Crippen molar-refractivity contribution >= 4 is 11.7 Å². The quantitative estimate of drug-likeness (QED) is 0.867. The third kappa shape index (κ3) is 2.23. The van der Waals surface area contributed by atoms with Crippen molar-refractivity contribution in [3.8, 4) is 0 Å². The third-order valence-electron chi connectivity index (χ3n) is 4.35. The molecule has 0 radical (unpaired) electrons. The number of ketones is 1. The van der Waals surface area contributed by atoms with Crippen molar-refractivity contribution in [2.45, 2.75) is 6.42 Å². The Morgan fingerprint density at radius 3 is 2.57 bits per heavy atom. The first-order chi connectivity index (χ1) is 11.3. The van der Waals surface area contributed by atoms with Gasteiger partial charge in [-0.1, -0.05) is 48.5 Å². The van der Waals surface area contributed by atoms with Gasteiger partial charge < -0.3 is 5.32 Å². The summed E-state index contributed by atoms with van der Waals surface area (Å²) in [4.78, 5) is 27.4. The molecule has 2 aliphatic heterocycles. The summed E-state index contributed by atoms with van der Waals surface area (Å²) in [5.74, 6) is 0.612. The van der Waals surface area contributed by atoms with E-state index in [9.17, 15) is 9.59 Å². The van der Waals surface area contributed by atoms with Crippen LogP contribution in [-0.4, -0.2) is 29.7 Å². The summed E-state index contributed by atoms with van der Waals surface area (Å²) in [6.07, 6.45) is 0.467. The molecule has 2 aromatic carbocycles. The van der Waals surface area contributed by atoms with Crippen LogP contribution in [0.5, 0.6) is 0 Å². The molecule has 0 saturated carbocycles. The Balaban J connectivity index is 1.86. The molecule has 0 bridgehead atoms. The molecule has 4 nitrogen and oxygen atoms in total. The number of hydrogen-bond donors (Lipinski definition) is 1. The maximum absolute atomic E-state index is 13.0. The summed E-state index contributed by atoms with van der Waals surface area (Å²) in [6.45, 7) is 1.27. The number of amides is 1. The fourth-order valence-electron chi connectivity index (χ4n) is 3.22. The van der Waals surface area contributed by atoms with E-state index in [1.165, 1.54) is 0 Å². The Kier molecular flexibility index (Phi) is 3.23. The Morgan fingerprint density at radius 1 is 1.00 bits per heavy atom. The van der Waals surface area contributed by atoms with Gasteiger partial charge in [0.15, 0.2) is 5.78 Å². The van der Waals surface area contributed by atoms with E-state index in [4.69, 9.17) is 0 Å². The number of nitrogens with zero attached hydrogens (tertiary/aromatic N) is 1. The van der Waals surface area contributed by atoms with Crippen molar-refractivity contribution in [2.24, 2.45) is 0 Å². The van der Waals surface area contributed by atoms with E-state index in [-0.39, 0.29) is 11.7 Å². The summed E-state index contributed by atoms with van der Waals surface area (Å²) in [6, 6.07) is 16.8. The minimum Gasteiger partial charge on any atom is -0.369 e. The zero-order chi connectivity index (χ0) is 15.8. The fourth-order valence-corrected chi connectivity index (χ4v) is 3.22. The number of rotatable bonds is 2. The summed E-state index contributed by atoms with van der Waals surface area (Å²) in [5.41, 5.74) is 2.90. The van der Waals surface area contributed by atoms with Gasteiger partial charge in [-0.05, 0) is 11.6 Å². The molecule has 0 aliphatic carbocycles. The predicted octanol–water partition coefficient (Wildman–Crippen LogP) is 2.38. The number of Topliss-reactive ketones (excluding diaryl/α,β-unsaturated/α-hetero) is 1. The van der Waals surface area contributed by atoms with Crippen LogP contribution in [0, 0.1) is 0 Å². The number of hydrogen-bond acceptors (Lipinski definition) is 3. The lowest BCUT2D eigenvalue weighted by molar-refractivity contribution is 0.0826. The van der Waals surface area contributed by atoms with Crippen molar-refractivity contribution < 1.29 is 9.59 Å². The second-order valence-electron chi connectivity index (χ2n) is 5.74. The topological polar surface area (TPSA) is 49.4 Å². The SMILES string of the molecule is O=C(C1=C2NCCN2C(=O)c2ccccc2C1)c1ccccc1. The minimum atomic E-state index is -0.0311. The van der Waals surface area contributed by atoms with Gasteiger partial charge in [-0.3, -0.25) is 14.5 Å². The van der Waals surface area contributed by atoms with Crippen LogP contribution >= 0.6 is 0 Å². The van der Waals surface area contributed by atoms with E-state index >= 15 is 0 Å². The number of benzene rings is 2. The monoisotopic (exact) mass is 304 g/mol. The molecule has 4 heteroatoms. The zero-order valence-corrected chi connectivity index (χ0v) is 12.6. The standard InChI is InChI=1S/C19H16N2O2/c22-17(13-6-2-1-3-7-13)16-12-14-8-4-5-9-15(14)19(23)21-11-10-20-18(16)21/h1-9,20H,10-12H2. The van der Waals surface area contributed by atoms with Crippen molar-refractivity contribution in [3.63, 3.8) is 0 Å². The number of allylic oxidation sites excluding steroid dienone is 1. The molecule has 1 amide bonds. The molecule has 23 heavy (non-hydrogen) atoms. The largest absolute Gasteiger partial charge is 0.369 e. The van der Waals surface area contributed by atoms with E-state index in [0.717, 1.165) is 5.56 Å². The van der Waals surface area contributed by atoms with Crippen LogP contribution in [0.3, 0.4) is 0 Å². The minimum absolute atomic E-state index is 0.0236. The van der Waals surface area contributed by atoms with Gasteiger partial charge >= 0.3 is 0 Å². The van der Waals surface area contributed by atoms with E-state index in [0.29, 0.717) is 42.0 Å². The number of carbonyl (C=O) groups is 2. The first-order valence-corrected chi connectivity index (χ1v) is 7.72. The third-order valence-corrected chi connectivity index (χ3v) is 4.35. The molecule has 1 fully saturated rings. The summed E-state index contributed by atoms with van der Waals surface area (Å²) in [7, 11) is 0. The van der Waals surface area contributed by atoms with E-state index in [1.54, 1.807) is 4.90 Å². The van der Waals surface area contributed by atoms with Gasteiger partial charge in [-0.25, -0.2) is 0 Å². The van der Waals surface area contributed by atoms with Gasteiger partial charge in [-0.15, -0.1) is 0 Å². The highest BCUT2D eigenvalue weighted by molar-refractivity contribution is 6.11. The van der Waals surface area contributed by atoms with Crippen LogP contribution in [0.1, 0.15) is 26.3 Å². The van der Waals surface area contributed by atoms with Crippen molar-refractivity contribution in [3.05, 3.63) is 82.7 Å². The second kappa shape index (κ2) is 5.39. The Hall–Kier alpha value is -2.88. The maximum atomic E-state index is 13.0. The van der Waals surface area contributed by atoms with E-state index < -0.39 is 0 Å². The van der Waals surface area contributed by atoms with Gasteiger partial charge in [0, 0.05) is 36.2 Å². The van der Waals surface area contributed by atoms with Gasteiger partial charge in [-0.2, -0.15) is 0 Å². The Morgan fingerprint density at radius 2 is 1.74 bits per heavy atom. The molecule has 0 unspecified atom stereocenters. The first-order valence-electron chi connectivity index (χ1n) is 7.72. The summed E-state index contributed by atoms with van der Waals surface area (Å²) >= 11 is 0. The lowest BCUT2D eigenvalue weighted by Crippen LogP contribution is -2.29. The van der Waals surface area contributed by atoms with Gasteiger partial charge in [0.1, 0.15) is 5.82 Å². The molecule has 2 aromatic rings. The molecular formula is C19H16N2O2. The van der Waals surface area contributed by atoms with Crippen LogP contribution in [0.2, 0.25) is 0 Å². The second-order valence-corrected chi connectivity index (χ2v) is 5.74. The number of nitrogens with one attached hydrogen (secondary N) is 1. The van der Waals surface area contributed by atoms with E-state index in [1.807, 2.05) is 54.6 Å². The molecule has 0 atom stereocenters. The highest BCUT2D eigenvalue weighted by Crippen LogP contribution is 2.28. The molecular weight excluding hydrogens is 288 g/mol. The average Bonchev–Trinajstić information content (AvgIpc) is 3.05. The Labute approximate surface area is 134 Å². The van der Waals surface area contributed by atoms with Crippen molar-refractivity contribution in [1.29, 1.82) is 0 Å². The van der Waals surface area contributed by atoms with Crippen LogP contribution in [0.15, 0.2) is 66.0 Å². The lowest BCUT2D eigenvalue weighted by atomic mass is 9.95. The summed E-state index contributed by atoms with van der Waals surface area (Å²) < 4.78 is 0. The van der Waals surface area contributed by atoms with Crippen LogP contribution < -0.4 is 5.32 Å². The van der Waals surface area contributed by atoms with Crippen molar-refractivity contribution in [2.75, 3.05) is 13.1 Å². The number of fused-ring (bicyclic) bond motifs is 2. The normalized spacial score (nSPS) is 16.5. The van der Waals surface area contributed by atoms with E-state index in [2.05, 4.69) is 5.32 Å². The van der Waals surface area contributed by atoms with Gasteiger partial charge in [0.05, 0.1) is 0 Å². The molecule has 2 aliphatic rings. The van der Waals surface area contributed by atoms with Gasteiger partial charge in [0.25, 0.3) is 5.91 Å². The lowest BCUT2D eigenvalue weighted by Gasteiger charge is -2.17. The van der Waals surface area contributed by atoms with Crippen LogP contribution in [0.4, 0.5) is 0 Å². The maximum Gasteiger partial charge on any atom is 0.259 e. The number of carbonyl (C=O) groups excluding carboxylic acids is 2. The molecule has 4 rings (SSSR count). The van der Waals surface area contributed by atoms with Crippen molar-refractivity contribution in [1.82, 2.24) is 10.2 Å². The molecule has 1 N–H and O–H groups in total. The van der Waals surface area contributed by atoms with Crippen LogP contribution in [0.25, 0.3) is 0 Å². The molecule has 114 valence electrons. The Bertz CT molecular complexity index is 824. The zero-order valence-electron chi connectivity index (χ0n) is 12.6. The summed E-state index contributed by atoms with van der Waals surface area (Å²) in [5, 5.41) is 3.23. The molecule has 0 aromatic heterocycles. The molecule has 0 spiro atoms. The highest BCUT2D eigenvalue weighted by atomic mass is 16.2. The molecule has 2 heterocycles. The smallest absolute Gasteiger partial charge is 0.259 e. The first kappa shape index (κ1) is 13.8. The highest BCUT2D eigenvalue weighted by Gasteiger charge is 2.34. The molecule has 1 saturated heterocycles. The predicted molar refractivity (Wildman–Crippen MR) is 87.0 cm³/mol. The average molecular weight is 304 g/mol. The van der Waals surface area contributed by atoms with Gasteiger partial charge in [0.2, 0.25) is 0 Å². The van der Waals surface area contributed by atoms with Crippen LogP contribution in [-0.2, 0) is 6.42 Å².